The molecule has 0 saturated heterocycles. The normalized spacial score (nSPS) is 14.1. The monoisotopic (exact) mass is 727 g/mol. The zero-order valence-corrected chi connectivity index (χ0v) is 32.2. The number of hydrogen-bond acceptors (Lipinski definition) is 1. The van der Waals surface area contributed by atoms with E-state index in [0.717, 1.165) is 17.1 Å². The van der Waals surface area contributed by atoms with Crippen LogP contribution in [0.2, 0.25) is 0 Å². The van der Waals surface area contributed by atoms with Gasteiger partial charge in [-0.1, -0.05) is 190 Å². The van der Waals surface area contributed by atoms with Crippen LogP contribution in [0.3, 0.4) is 0 Å². The highest BCUT2D eigenvalue weighted by Crippen LogP contribution is 2.64. The minimum atomic E-state index is -0.527. The van der Waals surface area contributed by atoms with Crippen LogP contribution in [-0.2, 0) is 10.8 Å². The molecule has 0 fully saturated rings. The molecule has 0 unspecified atom stereocenters. The van der Waals surface area contributed by atoms with E-state index in [4.69, 9.17) is 0 Å². The summed E-state index contributed by atoms with van der Waals surface area (Å²) >= 11 is 0. The quantitative estimate of drug-likeness (QED) is 0.171. The van der Waals surface area contributed by atoms with Gasteiger partial charge in [0.05, 0.1) is 5.41 Å². The van der Waals surface area contributed by atoms with Crippen molar-refractivity contribution in [3.05, 3.63) is 246 Å². The number of fused-ring (bicyclic) bond motifs is 10. The first kappa shape index (κ1) is 33.4. The molecule has 1 nitrogen and oxygen atoms in total. The zero-order chi connectivity index (χ0) is 38.1. The van der Waals surface area contributed by atoms with E-state index in [0.29, 0.717) is 0 Å². The first-order valence-corrected chi connectivity index (χ1v) is 20.0. The largest absolute Gasteiger partial charge is 0.310 e. The number of nitrogens with zero attached hydrogens (tertiary/aromatic N) is 1. The zero-order valence-electron chi connectivity index (χ0n) is 32.2. The van der Waals surface area contributed by atoms with E-state index in [2.05, 4.69) is 231 Å². The van der Waals surface area contributed by atoms with Gasteiger partial charge in [0.25, 0.3) is 0 Å². The Bertz CT molecular complexity index is 2920. The van der Waals surface area contributed by atoms with Crippen LogP contribution in [0.5, 0.6) is 0 Å². The van der Waals surface area contributed by atoms with Crippen molar-refractivity contribution in [3.63, 3.8) is 0 Å². The molecule has 2 aliphatic rings. The van der Waals surface area contributed by atoms with E-state index in [-0.39, 0.29) is 5.41 Å². The fourth-order valence-electron chi connectivity index (χ4n) is 10.1. The molecule has 0 aromatic heterocycles. The Labute approximate surface area is 335 Å². The lowest BCUT2D eigenvalue weighted by Gasteiger charge is -2.46. The van der Waals surface area contributed by atoms with Crippen LogP contribution in [0.4, 0.5) is 17.1 Å². The number of anilines is 3. The van der Waals surface area contributed by atoms with Gasteiger partial charge in [0.1, 0.15) is 0 Å². The highest BCUT2D eigenvalue weighted by molar-refractivity contribution is 5.98. The van der Waals surface area contributed by atoms with Crippen molar-refractivity contribution in [1.82, 2.24) is 0 Å². The third-order valence-electron chi connectivity index (χ3n) is 12.7. The lowest BCUT2D eigenvalue weighted by Crippen LogP contribution is -2.40. The first-order chi connectivity index (χ1) is 28.0. The summed E-state index contributed by atoms with van der Waals surface area (Å²) in [7, 11) is 0. The van der Waals surface area contributed by atoms with E-state index < -0.39 is 5.41 Å². The van der Waals surface area contributed by atoms with Crippen molar-refractivity contribution in [2.75, 3.05) is 4.90 Å². The minimum absolute atomic E-state index is 0.173. The highest BCUT2D eigenvalue weighted by Gasteiger charge is 2.53. The summed E-state index contributed by atoms with van der Waals surface area (Å²) in [5.41, 5.74) is 18.3. The highest BCUT2D eigenvalue weighted by atomic mass is 15.1. The topological polar surface area (TPSA) is 3.24 Å². The molecular formula is C56H41N. The van der Waals surface area contributed by atoms with E-state index >= 15 is 0 Å². The first-order valence-electron chi connectivity index (χ1n) is 20.0. The standard InChI is InChI=1S/C56H41N/c1-55(2)48-23-11-13-25-50(48)56(51-26-14-12-24-49(51)55)52-27-15-22-46(41-19-7-4-8-20-41)54(52)47-35-34-45(37-53(47)56)57(44-33-30-39-18-9-10-21-42(39)36-44)43-31-28-40(29-32-43)38-16-5-3-6-17-38/h3-37H,1-2H3. The van der Waals surface area contributed by atoms with Crippen molar-refractivity contribution in [3.8, 4) is 33.4 Å². The predicted octanol–water partition coefficient (Wildman–Crippen LogP) is 14.6. The Kier molecular flexibility index (Phi) is 7.50. The molecule has 0 bridgehead atoms. The molecule has 1 heteroatoms. The molecule has 0 heterocycles. The lowest BCUT2D eigenvalue weighted by atomic mass is 9.55. The summed E-state index contributed by atoms with van der Waals surface area (Å²) in [5, 5.41) is 2.45. The molecule has 1 spiro atoms. The van der Waals surface area contributed by atoms with Gasteiger partial charge in [-0.05, 0) is 114 Å². The Morgan fingerprint density at radius 1 is 0.316 bits per heavy atom. The van der Waals surface area contributed by atoms with Crippen LogP contribution in [-0.4, -0.2) is 0 Å². The van der Waals surface area contributed by atoms with Gasteiger partial charge in [0.2, 0.25) is 0 Å². The smallest absolute Gasteiger partial charge is 0.0720 e. The third kappa shape index (κ3) is 4.95. The summed E-state index contributed by atoms with van der Waals surface area (Å²) < 4.78 is 0. The van der Waals surface area contributed by atoms with E-state index in [1.807, 2.05) is 0 Å². The SMILES string of the molecule is CC1(C)c2ccccc2C2(c3cc(N(c4ccc(-c5ccccc5)cc4)c4ccc5ccccc5c4)ccc3-c3c(-c4ccccc4)cccc32)c2ccccc21. The molecule has 0 atom stereocenters. The second kappa shape index (κ2) is 12.8. The Balaban J connectivity index is 1.21. The van der Waals surface area contributed by atoms with Gasteiger partial charge >= 0.3 is 0 Å². The molecule has 57 heavy (non-hydrogen) atoms. The van der Waals surface area contributed by atoms with Crippen molar-refractivity contribution in [2.24, 2.45) is 0 Å². The maximum absolute atomic E-state index is 2.51. The molecule has 0 saturated carbocycles. The fourth-order valence-corrected chi connectivity index (χ4v) is 10.1. The fraction of sp³-hybridized carbons (Fsp3) is 0.0714. The molecule has 0 amide bonds. The molecule has 9 aromatic carbocycles. The molecular weight excluding hydrogens is 687 g/mol. The minimum Gasteiger partial charge on any atom is -0.310 e. The van der Waals surface area contributed by atoms with E-state index in [9.17, 15) is 0 Å². The second-order valence-electron chi connectivity index (χ2n) is 16.1. The molecule has 9 aromatic rings. The number of benzene rings is 9. The van der Waals surface area contributed by atoms with Crippen molar-refractivity contribution in [1.29, 1.82) is 0 Å². The van der Waals surface area contributed by atoms with Gasteiger partial charge in [0.15, 0.2) is 0 Å². The van der Waals surface area contributed by atoms with Gasteiger partial charge in [-0.2, -0.15) is 0 Å². The Morgan fingerprint density at radius 2 is 0.825 bits per heavy atom. The van der Waals surface area contributed by atoms with Gasteiger partial charge < -0.3 is 4.90 Å². The van der Waals surface area contributed by atoms with Crippen LogP contribution in [0.15, 0.2) is 212 Å². The van der Waals surface area contributed by atoms with Crippen LogP contribution in [0, 0.1) is 0 Å². The molecule has 270 valence electrons. The van der Waals surface area contributed by atoms with Crippen molar-refractivity contribution >= 4 is 27.8 Å². The number of rotatable bonds is 5. The summed E-state index contributed by atoms with van der Waals surface area (Å²) in [4.78, 5) is 2.45. The van der Waals surface area contributed by atoms with Crippen molar-refractivity contribution < 1.29 is 0 Å². The maximum atomic E-state index is 2.51. The van der Waals surface area contributed by atoms with Crippen LogP contribution >= 0.6 is 0 Å². The molecule has 0 aliphatic heterocycles. The number of hydrogen-bond donors (Lipinski definition) is 0. The predicted molar refractivity (Wildman–Crippen MR) is 239 cm³/mol. The molecule has 0 radical (unpaired) electrons. The second-order valence-corrected chi connectivity index (χ2v) is 16.1. The Morgan fingerprint density at radius 3 is 1.51 bits per heavy atom. The molecule has 11 rings (SSSR count). The summed E-state index contributed by atoms with van der Waals surface area (Å²) in [6.45, 7) is 4.79. The van der Waals surface area contributed by atoms with E-state index in [1.165, 1.54) is 77.5 Å². The van der Waals surface area contributed by atoms with Crippen LogP contribution in [0.1, 0.15) is 47.2 Å². The maximum Gasteiger partial charge on any atom is 0.0720 e. The van der Waals surface area contributed by atoms with Crippen LogP contribution < -0.4 is 4.90 Å². The van der Waals surface area contributed by atoms with Gasteiger partial charge in [-0.15, -0.1) is 0 Å². The summed E-state index contributed by atoms with van der Waals surface area (Å²) in [6, 6.07) is 78.8. The third-order valence-corrected chi connectivity index (χ3v) is 12.7. The molecule has 0 N–H and O–H groups in total. The Hall–Kier alpha value is -6.96. The van der Waals surface area contributed by atoms with Gasteiger partial charge in [0, 0.05) is 22.5 Å². The van der Waals surface area contributed by atoms with Crippen molar-refractivity contribution in [2.45, 2.75) is 24.7 Å². The van der Waals surface area contributed by atoms with Gasteiger partial charge in [-0.25, -0.2) is 0 Å². The average molecular weight is 728 g/mol. The van der Waals surface area contributed by atoms with Gasteiger partial charge in [-0.3, -0.25) is 0 Å². The summed E-state index contributed by atoms with van der Waals surface area (Å²) in [6.07, 6.45) is 0. The lowest BCUT2D eigenvalue weighted by molar-refractivity contribution is 0.563. The van der Waals surface area contributed by atoms with Crippen LogP contribution in [0.25, 0.3) is 44.2 Å². The van der Waals surface area contributed by atoms with E-state index in [1.54, 1.807) is 0 Å². The molecule has 2 aliphatic carbocycles. The average Bonchev–Trinajstić information content (AvgIpc) is 3.57. The summed E-state index contributed by atoms with van der Waals surface area (Å²) in [5.74, 6) is 0.